The number of hydrogen-bond donors (Lipinski definition) is 1. The van der Waals surface area contributed by atoms with Crippen molar-refractivity contribution in [1.82, 2.24) is 4.90 Å². The SMILES string of the molecule is OC1(c2ccc3c(c2)OCO3)CCN(C/C=C/c2ccccc2)CC1. The van der Waals surface area contributed by atoms with E-state index in [1.807, 2.05) is 36.4 Å². The lowest BCUT2D eigenvalue weighted by molar-refractivity contribution is -0.0234. The van der Waals surface area contributed by atoms with Crippen LogP contribution in [0.1, 0.15) is 24.0 Å². The maximum absolute atomic E-state index is 11.1. The van der Waals surface area contributed by atoms with Gasteiger partial charge in [-0.2, -0.15) is 0 Å². The molecule has 0 aliphatic carbocycles. The summed E-state index contributed by atoms with van der Waals surface area (Å²) in [4.78, 5) is 2.38. The van der Waals surface area contributed by atoms with E-state index in [9.17, 15) is 5.11 Å². The number of fused-ring (bicyclic) bond motifs is 1. The van der Waals surface area contributed by atoms with Crippen LogP contribution in [0.25, 0.3) is 6.08 Å². The first-order chi connectivity index (χ1) is 12.2. The Hall–Kier alpha value is -2.30. The van der Waals surface area contributed by atoms with Crippen LogP contribution in [0.3, 0.4) is 0 Å². The molecule has 0 aromatic heterocycles. The van der Waals surface area contributed by atoms with Gasteiger partial charge in [-0.15, -0.1) is 0 Å². The summed E-state index contributed by atoms with van der Waals surface area (Å²) in [5.41, 5.74) is 1.37. The largest absolute Gasteiger partial charge is 0.454 e. The average Bonchev–Trinajstić information content (AvgIpc) is 3.12. The van der Waals surface area contributed by atoms with E-state index in [2.05, 4.69) is 29.2 Å². The normalized spacial score (nSPS) is 19.4. The summed E-state index contributed by atoms with van der Waals surface area (Å²) in [6.07, 6.45) is 5.80. The molecule has 0 unspecified atom stereocenters. The molecule has 1 fully saturated rings. The van der Waals surface area contributed by atoms with Gasteiger partial charge in [0, 0.05) is 19.6 Å². The van der Waals surface area contributed by atoms with Crippen LogP contribution in [-0.2, 0) is 5.60 Å². The fraction of sp³-hybridized carbons (Fsp3) is 0.333. The molecule has 0 radical (unpaired) electrons. The van der Waals surface area contributed by atoms with E-state index < -0.39 is 5.60 Å². The fourth-order valence-corrected chi connectivity index (χ4v) is 3.48. The summed E-state index contributed by atoms with van der Waals surface area (Å²) in [5, 5.41) is 11.1. The second kappa shape index (κ2) is 6.90. The molecular weight excluding hydrogens is 314 g/mol. The van der Waals surface area contributed by atoms with Gasteiger partial charge in [-0.25, -0.2) is 0 Å². The van der Waals surface area contributed by atoms with Gasteiger partial charge in [0.05, 0.1) is 5.60 Å². The maximum Gasteiger partial charge on any atom is 0.231 e. The Morgan fingerprint density at radius 3 is 2.56 bits per heavy atom. The minimum absolute atomic E-state index is 0.263. The minimum atomic E-state index is -0.777. The lowest BCUT2D eigenvalue weighted by atomic mass is 9.84. The Bertz CT molecular complexity index is 749. The Morgan fingerprint density at radius 2 is 1.76 bits per heavy atom. The quantitative estimate of drug-likeness (QED) is 0.928. The van der Waals surface area contributed by atoms with Crippen LogP contribution in [-0.4, -0.2) is 36.4 Å². The molecule has 4 nitrogen and oxygen atoms in total. The van der Waals surface area contributed by atoms with Crippen LogP contribution in [0, 0.1) is 0 Å². The number of benzene rings is 2. The molecule has 1 N–H and O–H groups in total. The van der Waals surface area contributed by atoms with Gasteiger partial charge in [0.2, 0.25) is 6.79 Å². The Labute approximate surface area is 148 Å². The molecule has 2 aromatic rings. The summed E-state index contributed by atoms with van der Waals surface area (Å²) in [5.74, 6) is 1.50. The predicted octanol–water partition coefficient (Wildman–Crippen LogP) is 3.41. The second-order valence-electron chi connectivity index (χ2n) is 6.71. The van der Waals surface area contributed by atoms with E-state index in [-0.39, 0.29) is 6.79 Å². The highest BCUT2D eigenvalue weighted by Gasteiger charge is 2.34. The smallest absolute Gasteiger partial charge is 0.231 e. The topological polar surface area (TPSA) is 41.9 Å². The molecule has 130 valence electrons. The van der Waals surface area contributed by atoms with Crippen LogP contribution in [0.15, 0.2) is 54.6 Å². The van der Waals surface area contributed by atoms with E-state index >= 15 is 0 Å². The third-order valence-electron chi connectivity index (χ3n) is 5.07. The number of ether oxygens (including phenoxy) is 2. The molecule has 0 amide bonds. The van der Waals surface area contributed by atoms with Crippen molar-refractivity contribution in [2.45, 2.75) is 18.4 Å². The van der Waals surface area contributed by atoms with Crippen molar-refractivity contribution in [3.8, 4) is 11.5 Å². The van der Waals surface area contributed by atoms with Gasteiger partial charge < -0.3 is 14.6 Å². The van der Waals surface area contributed by atoms with Gasteiger partial charge in [0.25, 0.3) is 0 Å². The number of hydrogen-bond acceptors (Lipinski definition) is 4. The number of piperidine rings is 1. The van der Waals surface area contributed by atoms with Gasteiger partial charge in [0.15, 0.2) is 11.5 Å². The zero-order valence-corrected chi connectivity index (χ0v) is 14.2. The van der Waals surface area contributed by atoms with Gasteiger partial charge in [-0.1, -0.05) is 48.6 Å². The molecule has 1 saturated heterocycles. The van der Waals surface area contributed by atoms with E-state index in [1.165, 1.54) is 5.56 Å². The van der Waals surface area contributed by atoms with Crippen molar-refractivity contribution in [1.29, 1.82) is 0 Å². The molecule has 0 saturated carbocycles. The monoisotopic (exact) mass is 337 g/mol. The van der Waals surface area contributed by atoms with Crippen molar-refractivity contribution in [2.24, 2.45) is 0 Å². The Balaban J connectivity index is 1.35. The number of rotatable bonds is 4. The van der Waals surface area contributed by atoms with Gasteiger partial charge in [-0.05, 0) is 36.1 Å². The standard InChI is InChI=1S/C21H23NO3/c23-21(18-8-9-19-20(15-18)25-16-24-19)10-13-22(14-11-21)12-4-7-17-5-2-1-3-6-17/h1-9,15,23H,10-14,16H2/b7-4+. The first-order valence-corrected chi connectivity index (χ1v) is 8.79. The summed E-state index contributed by atoms with van der Waals surface area (Å²) in [6.45, 7) is 2.93. The highest BCUT2D eigenvalue weighted by atomic mass is 16.7. The third kappa shape index (κ3) is 3.55. The van der Waals surface area contributed by atoms with Gasteiger partial charge >= 0.3 is 0 Å². The summed E-state index contributed by atoms with van der Waals surface area (Å²) >= 11 is 0. The number of likely N-dealkylation sites (tertiary alicyclic amines) is 1. The fourth-order valence-electron chi connectivity index (χ4n) is 3.48. The summed E-state index contributed by atoms with van der Waals surface area (Å²) in [7, 11) is 0. The van der Waals surface area contributed by atoms with E-state index in [4.69, 9.17) is 9.47 Å². The number of aliphatic hydroxyl groups is 1. The van der Waals surface area contributed by atoms with E-state index in [0.29, 0.717) is 0 Å². The molecule has 2 aliphatic heterocycles. The summed E-state index contributed by atoms with van der Waals surface area (Å²) < 4.78 is 10.8. The Kier molecular flexibility index (Phi) is 4.47. The van der Waals surface area contributed by atoms with Gasteiger partial charge in [-0.3, -0.25) is 4.90 Å². The summed E-state index contributed by atoms with van der Waals surface area (Å²) in [6, 6.07) is 16.1. The van der Waals surface area contributed by atoms with Crippen molar-refractivity contribution in [3.63, 3.8) is 0 Å². The molecule has 4 rings (SSSR count). The first kappa shape index (κ1) is 16.2. The molecule has 0 bridgehead atoms. The zero-order chi connectivity index (χ0) is 17.1. The Morgan fingerprint density at radius 1 is 1.00 bits per heavy atom. The zero-order valence-electron chi connectivity index (χ0n) is 14.2. The number of nitrogens with zero attached hydrogens (tertiary/aromatic N) is 1. The van der Waals surface area contributed by atoms with Crippen molar-refractivity contribution >= 4 is 6.08 Å². The third-order valence-corrected chi connectivity index (χ3v) is 5.07. The molecule has 2 heterocycles. The minimum Gasteiger partial charge on any atom is -0.454 e. The average molecular weight is 337 g/mol. The molecule has 0 atom stereocenters. The van der Waals surface area contributed by atoms with Crippen LogP contribution >= 0.6 is 0 Å². The van der Waals surface area contributed by atoms with Crippen molar-refractivity contribution in [2.75, 3.05) is 26.4 Å². The highest BCUT2D eigenvalue weighted by Crippen LogP contribution is 2.39. The van der Waals surface area contributed by atoms with Crippen LogP contribution in [0.2, 0.25) is 0 Å². The highest BCUT2D eigenvalue weighted by molar-refractivity contribution is 5.49. The van der Waals surface area contributed by atoms with Crippen molar-refractivity contribution < 1.29 is 14.6 Å². The second-order valence-corrected chi connectivity index (χ2v) is 6.71. The maximum atomic E-state index is 11.1. The molecule has 0 spiro atoms. The molecule has 25 heavy (non-hydrogen) atoms. The van der Waals surface area contributed by atoms with Crippen LogP contribution in [0.5, 0.6) is 11.5 Å². The molecule has 2 aliphatic rings. The molecular formula is C21H23NO3. The van der Waals surface area contributed by atoms with Crippen molar-refractivity contribution in [3.05, 3.63) is 65.7 Å². The van der Waals surface area contributed by atoms with Gasteiger partial charge in [0.1, 0.15) is 0 Å². The van der Waals surface area contributed by atoms with Crippen LogP contribution < -0.4 is 9.47 Å². The predicted molar refractivity (Wildman–Crippen MR) is 97.6 cm³/mol. The molecule has 2 aromatic carbocycles. The molecule has 4 heteroatoms. The lowest BCUT2D eigenvalue weighted by Gasteiger charge is -2.38. The van der Waals surface area contributed by atoms with E-state index in [1.54, 1.807) is 0 Å². The van der Waals surface area contributed by atoms with Crippen LogP contribution in [0.4, 0.5) is 0 Å². The first-order valence-electron chi connectivity index (χ1n) is 8.79. The van der Waals surface area contributed by atoms with E-state index in [0.717, 1.165) is 49.5 Å². The lowest BCUT2D eigenvalue weighted by Crippen LogP contribution is -2.42.